The van der Waals surface area contributed by atoms with Gasteiger partial charge in [-0.15, -0.1) is 0 Å². The minimum atomic E-state index is 0.367. The fraction of sp³-hybridized carbons (Fsp3) is 0.462. The number of nitrogens with zero attached hydrogens (tertiary/aromatic N) is 2. The van der Waals surface area contributed by atoms with Crippen LogP contribution in [0.5, 0.6) is 0 Å². The highest BCUT2D eigenvalue weighted by Crippen LogP contribution is 2.20. The zero-order chi connectivity index (χ0) is 12.3. The average molecular weight is 230 g/mol. The lowest BCUT2D eigenvalue weighted by molar-refractivity contribution is 0.414. The summed E-state index contributed by atoms with van der Waals surface area (Å²) < 4.78 is 0. The van der Waals surface area contributed by atoms with E-state index in [0.29, 0.717) is 18.2 Å². The van der Waals surface area contributed by atoms with Gasteiger partial charge in [-0.05, 0) is 43.8 Å². The number of likely N-dealkylation sites (tertiary alicyclic amines) is 1. The molecule has 2 rings (SSSR count). The van der Waals surface area contributed by atoms with Crippen molar-refractivity contribution in [1.82, 2.24) is 4.90 Å². The highest BCUT2D eigenvalue weighted by molar-refractivity contribution is 5.58. The molecule has 4 heteroatoms. The molecular weight excluding hydrogens is 212 g/mol. The maximum absolute atomic E-state index is 8.72. The van der Waals surface area contributed by atoms with Crippen LogP contribution in [0.1, 0.15) is 12.0 Å². The number of nitrogen functional groups attached to an aromatic ring is 1. The predicted molar refractivity (Wildman–Crippen MR) is 69.7 cm³/mol. The van der Waals surface area contributed by atoms with Crippen molar-refractivity contribution in [2.45, 2.75) is 18.9 Å². The Kier molecular flexibility index (Phi) is 3.50. The monoisotopic (exact) mass is 230 g/mol. The number of benzene rings is 1. The summed E-state index contributed by atoms with van der Waals surface area (Å²) in [7, 11) is 2.13. The zero-order valence-electron chi connectivity index (χ0n) is 10.1. The molecule has 0 bridgehead atoms. The Bertz CT molecular complexity index is 436. The third-order valence-electron chi connectivity index (χ3n) is 3.17. The molecule has 90 valence electrons. The summed E-state index contributed by atoms with van der Waals surface area (Å²) in [5, 5.41) is 12.2. The molecule has 4 nitrogen and oxygen atoms in total. The van der Waals surface area contributed by atoms with Crippen LogP contribution in [-0.2, 0) is 6.42 Å². The van der Waals surface area contributed by atoms with E-state index in [2.05, 4.69) is 23.3 Å². The second kappa shape index (κ2) is 5.07. The van der Waals surface area contributed by atoms with Gasteiger partial charge in [-0.2, -0.15) is 5.26 Å². The van der Waals surface area contributed by atoms with Crippen LogP contribution in [0.2, 0.25) is 0 Å². The molecule has 1 aliphatic rings. The Balaban J connectivity index is 2.06. The second-order valence-corrected chi connectivity index (χ2v) is 4.64. The summed E-state index contributed by atoms with van der Waals surface area (Å²) in [6.07, 6.45) is 1.53. The first-order valence-electron chi connectivity index (χ1n) is 5.89. The number of hydrogen-bond donors (Lipinski definition) is 2. The molecule has 17 heavy (non-hydrogen) atoms. The van der Waals surface area contributed by atoms with Crippen molar-refractivity contribution in [3.05, 3.63) is 23.8 Å². The Morgan fingerprint density at radius 1 is 1.59 bits per heavy atom. The first-order chi connectivity index (χ1) is 8.19. The summed E-state index contributed by atoms with van der Waals surface area (Å²) in [6.45, 7) is 2.20. The lowest BCUT2D eigenvalue weighted by atomic mass is 10.1. The number of rotatable bonds is 3. The Morgan fingerprint density at radius 3 is 3.06 bits per heavy atom. The Labute approximate surface area is 102 Å². The summed E-state index contributed by atoms with van der Waals surface area (Å²) >= 11 is 0. The fourth-order valence-corrected chi connectivity index (χ4v) is 2.22. The van der Waals surface area contributed by atoms with Crippen molar-refractivity contribution in [1.29, 1.82) is 5.26 Å². The van der Waals surface area contributed by atoms with Crippen LogP contribution in [-0.4, -0.2) is 31.1 Å². The lowest BCUT2D eigenvalue weighted by Crippen LogP contribution is -2.23. The van der Waals surface area contributed by atoms with Gasteiger partial charge in [0, 0.05) is 24.0 Å². The van der Waals surface area contributed by atoms with Gasteiger partial charge in [-0.3, -0.25) is 0 Å². The summed E-state index contributed by atoms with van der Waals surface area (Å²) in [5.74, 6) is 0. The average Bonchev–Trinajstić information content (AvgIpc) is 2.69. The van der Waals surface area contributed by atoms with Crippen LogP contribution in [0, 0.1) is 11.3 Å². The van der Waals surface area contributed by atoms with Crippen LogP contribution >= 0.6 is 0 Å². The summed E-state index contributed by atoms with van der Waals surface area (Å²) in [5.41, 5.74) is 8.48. The van der Waals surface area contributed by atoms with Crippen molar-refractivity contribution >= 4 is 11.4 Å². The van der Waals surface area contributed by atoms with E-state index in [9.17, 15) is 0 Å². The molecule has 1 atom stereocenters. The van der Waals surface area contributed by atoms with Gasteiger partial charge >= 0.3 is 0 Å². The Hall–Kier alpha value is -1.73. The van der Waals surface area contributed by atoms with Crippen molar-refractivity contribution in [3.63, 3.8) is 0 Å². The number of nitriles is 1. The zero-order valence-corrected chi connectivity index (χ0v) is 10.1. The van der Waals surface area contributed by atoms with E-state index in [1.165, 1.54) is 0 Å². The third-order valence-corrected chi connectivity index (χ3v) is 3.17. The summed E-state index contributed by atoms with van der Waals surface area (Å²) in [6, 6.07) is 8.47. The quantitative estimate of drug-likeness (QED) is 0.771. The van der Waals surface area contributed by atoms with Crippen molar-refractivity contribution in [2.24, 2.45) is 0 Å². The fourth-order valence-electron chi connectivity index (χ4n) is 2.22. The van der Waals surface area contributed by atoms with Gasteiger partial charge in [0.25, 0.3) is 0 Å². The van der Waals surface area contributed by atoms with Crippen molar-refractivity contribution < 1.29 is 0 Å². The number of hydrogen-bond acceptors (Lipinski definition) is 4. The van der Waals surface area contributed by atoms with Crippen LogP contribution in [0.15, 0.2) is 18.2 Å². The molecular formula is C13H18N4. The molecule has 1 saturated heterocycles. The van der Waals surface area contributed by atoms with E-state index in [4.69, 9.17) is 11.0 Å². The van der Waals surface area contributed by atoms with Gasteiger partial charge < -0.3 is 16.0 Å². The van der Waals surface area contributed by atoms with Gasteiger partial charge in [0.15, 0.2) is 0 Å². The minimum Gasteiger partial charge on any atom is -0.398 e. The molecule has 0 spiro atoms. The van der Waals surface area contributed by atoms with Crippen molar-refractivity contribution in [2.75, 3.05) is 31.2 Å². The molecule has 0 aliphatic carbocycles. The molecule has 1 fully saturated rings. The standard InChI is InChI=1S/C13H18N4/c1-17-7-5-12(9-17)16-11-2-3-13(15)10(8-11)4-6-14/h2-3,8,12,16H,4-5,7,9,15H2,1H3. The number of anilines is 2. The molecule has 3 N–H and O–H groups in total. The maximum Gasteiger partial charge on any atom is 0.0670 e. The normalized spacial score (nSPS) is 20.1. The van der Waals surface area contributed by atoms with Crippen molar-refractivity contribution in [3.8, 4) is 6.07 Å². The van der Waals surface area contributed by atoms with E-state index in [1.807, 2.05) is 18.2 Å². The van der Waals surface area contributed by atoms with E-state index in [0.717, 1.165) is 30.8 Å². The first-order valence-corrected chi connectivity index (χ1v) is 5.89. The highest BCUT2D eigenvalue weighted by Gasteiger charge is 2.18. The van der Waals surface area contributed by atoms with Gasteiger partial charge in [0.1, 0.15) is 0 Å². The van der Waals surface area contributed by atoms with Crippen LogP contribution < -0.4 is 11.1 Å². The number of nitrogens with two attached hydrogens (primary N) is 1. The predicted octanol–water partition coefficient (Wildman–Crippen LogP) is 1.45. The van der Waals surface area contributed by atoms with E-state index in [-0.39, 0.29) is 0 Å². The van der Waals surface area contributed by atoms with Crippen LogP contribution in [0.3, 0.4) is 0 Å². The summed E-state index contributed by atoms with van der Waals surface area (Å²) in [4.78, 5) is 2.31. The van der Waals surface area contributed by atoms with E-state index >= 15 is 0 Å². The lowest BCUT2D eigenvalue weighted by Gasteiger charge is -2.15. The van der Waals surface area contributed by atoms with E-state index < -0.39 is 0 Å². The maximum atomic E-state index is 8.72. The molecule has 0 saturated carbocycles. The first kappa shape index (κ1) is 11.7. The number of nitrogens with one attached hydrogen (secondary N) is 1. The molecule has 1 aliphatic heterocycles. The molecule has 1 heterocycles. The van der Waals surface area contributed by atoms with Crippen LogP contribution in [0.25, 0.3) is 0 Å². The number of likely N-dealkylation sites (N-methyl/N-ethyl adjacent to an activating group) is 1. The smallest absolute Gasteiger partial charge is 0.0670 e. The SMILES string of the molecule is CN1CCC(Nc2ccc(N)c(CC#N)c2)C1. The van der Waals surface area contributed by atoms with Gasteiger partial charge in [0.05, 0.1) is 12.5 Å². The largest absolute Gasteiger partial charge is 0.398 e. The minimum absolute atomic E-state index is 0.367. The molecule has 0 aromatic heterocycles. The third kappa shape index (κ3) is 2.89. The molecule has 0 amide bonds. The van der Waals surface area contributed by atoms with Gasteiger partial charge in [0.2, 0.25) is 0 Å². The second-order valence-electron chi connectivity index (χ2n) is 4.64. The highest BCUT2D eigenvalue weighted by atomic mass is 15.2. The van der Waals surface area contributed by atoms with Gasteiger partial charge in [-0.25, -0.2) is 0 Å². The Morgan fingerprint density at radius 2 is 2.41 bits per heavy atom. The van der Waals surface area contributed by atoms with Gasteiger partial charge in [-0.1, -0.05) is 0 Å². The van der Waals surface area contributed by atoms with E-state index in [1.54, 1.807) is 0 Å². The molecule has 1 aromatic carbocycles. The topological polar surface area (TPSA) is 65.1 Å². The van der Waals surface area contributed by atoms with Crippen LogP contribution in [0.4, 0.5) is 11.4 Å². The molecule has 0 radical (unpaired) electrons. The molecule has 1 unspecified atom stereocenters. The molecule has 1 aromatic rings.